The van der Waals surface area contributed by atoms with Crippen LogP contribution in [0.25, 0.3) is 0 Å². The number of hydrogen-bond acceptors (Lipinski definition) is 3. The van der Waals surface area contributed by atoms with E-state index >= 15 is 0 Å². The molecule has 2 atom stereocenters. The summed E-state index contributed by atoms with van der Waals surface area (Å²) in [6, 6.07) is 7.61. The topological polar surface area (TPSA) is 48.9 Å². The first-order chi connectivity index (χ1) is 12.3. The monoisotopic (exact) mass is 492 g/mol. The molecule has 2 N–H and O–H groups in total. The molecule has 1 fully saturated rings. The normalized spacial score (nSPS) is 19.9. The maximum absolute atomic E-state index is 13.5. The molecule has 0 bridgehead atoms. The summed E-state index contributed by atoms with van der Waals surface area (Å²) in [6.07, 6.45) is 0. The molecule has 1 aromatic carbocycles. The van der Waals surface area contributed by atoms with Gasteiger partial charge in [0, 0.05) is 44.2 Å². The van der Waals surface area contributed by atoms with Gasteiger partial charge in [-0.3, -0.25) is 9.89 Å². The highest BCUT2D eigenvalue weighted by atomic mass is 127. The van der Waals surface area contributed by atoms with Crippen LogP contribution in [0.2, 0.25) is 0 Å². The van der Waals surface area contributed by atoms with Crippen LogP contribution in [-0.4, -0.2) is 62.8 Å². The fraction of sp³-hybridized carbons (Fsp3) is 0.650. The molecular weight excluding hydrogens is 458 g/mol. The molecule has 0 radical (unpaired) electrons. The van der Waals surface area contributed by atoms with Crippen LogP contribution in [0.1, 0.15) is 33.3 Å². The molecule has 7 heteroatoms. The number of rotatable bonds is 6. The van der Waals surface area contributed by atoms with Gasteiger partial charge in [-0.2, -0.15) is 0 Å². The van der Waals surface area contributed by atoms with Crippen molar-refractivity contribution in [2.75, 3.05) is 39.9 Å². The molecule has 0 amide bonds. The zero-order chi connectivity index (χ0) is 19.2. The van der Waals surface area contributed by atoms with Gasteiger partial charge < -0.3 is 15.4 Å². The molecule has 0 aliphatic carbocycles. The molecule has 1 saturated heterocycles. The van der Waals surface area contributed by atoms with Crippen LogP contribution in [0.3, 0.4) is 0 Å². The number of benzene rings is 1. The third-order valence-electron chi connectivity index (χ3n) is 5.08. The van der Waals surface area contributed by atoms with E-state index < -0.39 is 0 Å². The molecule has 0 aromatic heterocycles. The summed E-state index contributed by atoms with van der Waals surface area (Å²) < 4.78 is 19.0. The first-order valence-corrected chi connectivity index (χ1v) is 9.37. The van der Waals surface area contributed by atoms with Crippen molar-refractivity contribution in [2.24, 2.45) is 4.99 Å². The SMILES string of the molecule is CN=C(NCC(C)N1CCOCC1C)NCC(C)(C)c1cccc(F)c1.I. The Morgan fingerprint density at radius 3 is 2.78 bits per heavy atom. The van der Waals surface area contributed by atoms with Crippen LogP contribution in [-0.2, 0) is 10.2 Å². The minimum atomic E-state index is -0.204. The average Bonchev–Trinajstić information content (AvgIpc) is 2.62. The van der Waals surface area contributed by atoms with E-state index in [-0.39, 0.29) is 35.2 Å². The van der Waals surface area contributed by atoms with E-state index in [1.54, 1.807) is 19.2 Å². The smallest absolute Gasteiger partial charge is 0.191 e. The number of nitrogens with one attached hydrogen (secondary N) is 2. The van der Waals surface area contributed by atoms with E-state index in [2.05, 4.69) is 48.2 Å². The summed E-state index contributed by atoms with van der Waals surface area (Å²) in [5.41, 5.74) is 0.764. The van der Waals surface area contributed by atoms with Crippen molar-refractivity contribution in [3.63, 3.8) is 0 Å². The molecule has 27 heavy (non-hydrogen) atoms. The average molecular weight is 492 g/mol. The van der Waals surface area contributed by atoms with Gasteiger partial charge >= 0.3 is 0 Å². The van der Waals surface area contributed by atoms with Gasteiger partial charge in [-0.15, -0.1) is 24.0 Å². The predicted octanol–water partition coefficient (Wildman–Crippen LogP) is 3.00. The molecule has 5 nitrogen and oxygen atoms in total. The van der Waals surface area contributed by atoms with Gasteiger partial charge in [-0.1, -0.05) is 26.0 Å². The Balaban J connectivity index is 0.00000364. The zero-order valence-corrected chi connectivity index (χ0v) is 19.4. The third kappa shape index (κ3) is 7.19. The van der Waals surface area contributed by atoms with Crippen molar-refractivity contribution in [3.8, 4) is 0 Å². The second-order valence-corrected chi connectivity index (χ2v) is 7.71. The summed E-state index contributed by atoms with van der Waals surface area (Å²) in [4.78, 5) is 6.77. The van der Waals surface area contributed by atoms with Crippen molar-refractivity contribution in [2.45, 2.75) is 45.2 Å². The maximum atomic E-state index is 13.5. The van der Waals surface area contributed by atoms with Crippen molar-refractivity contribution < 1.29 is 9.13 Å². The molecule has 1 aromatic rings. The molecule has 2 rings (SSSR count). The second-order valence-electron chi connectivity index (χ2n) is 7.71. The van der Waals surface area contributed by atoms with Gasteiger partial charge in [-0.05, 0) is 31.5 Å². The van der Waals surface area contributed by atoms with E-state index in [0.717, 1.165) is 37.8 Å². The molecule has 154 valence electrons. The fourth-order valence-corrected chi connectivity index (χ4v) is 3.29. The number of nitrogens with zero attached hydrogens (tertiary/aromatic N) is 2. The first kappa shape index (κ1) is 24.1. The standard InChI is InChI=1S/C20H33FN4O.HI/c1-15(25-9-10-26-13-16(25)2)12-23-19(22-5)24-14-20(3,4)17-7-6-8-18(21)11-17;/h6-8,11,15-16H,9-10,12-14H2,1-5H3,(H2,22,23,24);1H. The third-order valence-corrected chi connectivity index (χ3v) is 5.08. The van der Waals surface area contributed by atoms with Crippen LogP contribution in [0, 0.1) is 5.82 Å². The molecular formula is C20H34FIN4O. The number of halogens is 2. The predicted molar refractivity (Wildman–Crippen MR) is 121 cm³/mol. The van der Waals surface area contributed by atoms with Crippen molar-refractivity contribution in [1.82, 2.24) is 15.5 Å². The minimum absolute atomic E-state index is 0. The quantitative estimate of drug-likeness (QED) is 0.364. The lowest BCUT2D eigenvalue weighted by Crippen LogP contribution is -2.53. The number of guanidine groups is 1. The van der Waals surface area contributed by atoms with Gasteiger partial charge in [0.25, 0.3) is 0 Å². The summed E-state index contributed by atoms with van der Waals surface area (Å²) in [7, 11) is 1.77. The van der Waals surface area contributed by atoms with Crippen molar-refractivity contribution in [3.05, 3.63) is 35.6 Å². The van der Waals surface area contributed by atoms with Gasteiger partial charge in [0.2, 0.25) is 0 Å². The highest BCUT2D eigenvalue weighted by Gasteiger charge is 2.24. The zero-order valence-electron chi connectivity index (χ0n) is 17.1. The summed E-state index contributed by atoms with van der Waals surface area (Å²) >= 11 is 0. The van der Waals surface area contributed by atoms with Crippen LogP contribution in [0.5, 0.6) is 0 Å². The lowest BCUT2D eigenvalue weighted by atomic mass is 9.84. The maximum Gasteiger partial charge on any atom is 0.191 e. The largest absolute Gasteiger partial charge is 0.379 e. The van der Waals surface area contributed by atoms with Gasteiger partial charge in [0.15, 0.2) is 5.96 Å². The lowest BCUT2D eigenvalue weighted by Gasteiger charge is -2.38. The van der Waals surface area contributed by atoms with E-state index in [0.29, 0.717) is 18.6 Å². The number of morpholine rings is 1. The summed E-state index contributed by atoms with van der Waals surface area (Å²) in [5.74, 6) is 0.564. The molecule has 1 aliphatic rings. The van der Waals surface area contributed by atoms with E-state index in [1.807, 2.05) is 6.07 Å². The Morgan fingerprint density at radius 2 is 2.15 bits per heavy atom. The van der Waals surface area contributed by atoms with Crippen molar-refractivity contribution in [1.29, 1.82) is 0 Å². The molecule has 2 unspecified atom stereocenters. The number of aliphatic imine (C=N–C) groups is 1. The molecule has 0 saturated carbocycles. The minimum Gasteiger partial charge on any atom is -0.379 e. The van der Waals surface area contributed by atoms with E-state index in [4.69, 9.17) is 4.74 Å². The van der Waals surface area contributed by atoms with Gasteiger partial charge in [0.05, 0.1) is 13.2 Å². The van der Waals surface area contributed by atoms with Crippen LogP contribution >= 0.6 is 24.0 Å². The van der Waals surface area contributed by atoms with Crippen LogP contribution in [0.15, 0.2) is 29.3 Å². The summed E-state index contributed by atoms with van der Waals surface area (Å²) in [5, 5.41) is 6.78. The van der Waals surface area contributed by atoms with E-state index in [1.165, 1.54) is 6.07 Å². The van der Waals surface area contributed by atoms with E-state index in [9.17, 15) is 4.39 Å². The lowest BCUT2D eigenvalue weighted by molar-refractivity contribution is -0.0174. The Labute approximate surface area is 180 Å². The molecule has 1 aliphatic heterocycles. The highest BCUT2D eigenvalue weighted by molar-refractivity contribution is 14.0. The Morgan fingerprint density at radius 1 is 1.41 bits per heavy atom. The van der Waals surface area contributed by atoms with Gasteiger partial charge in [-0.25, -0.2) is 4.39 Å². The van der Waals surface area contributed by atoms with Crippen molar-refractivity contribution >= 4 is 29.9 Å². The van der Waals surface area contributed by atoms with Gasteiger partial charge in [0.1, 0.15) is 5.82 Å². The Kier molecular flexibility index (Phi) is 9.97. The highest BCUT2D eigenvalue weighted by Crippen LogP contribution is 2.22. The summed E-state index contributed by atoms with van der Waals surface area (Å²) in [6.45, 7) is 12.6. The fourth-order valence-electron chi connectivity index (χ4n) is 3.29. The van der Waals surface area contributed by atoms with Crippen LogP contribution < -0.4 is 10.6 Å². The Hall–Kier alpha value is -0.930. The molecule has 0 spiro atoms. The van der Waals surface area contributed by atoms with Crippen LogP contribution in [0.4, 0.5) is 4.39 Å². The number of hydrogen-bond donors (Lipinski definition) is 2. The number of ether oxygens (including phenoxy) is 1. The Bertz CT molecular complexity index is 611. The second kappa shape index (κ2) is 11.2. The first-order valence-electron chi connectivity index (χ1n) is 9.37. The molecule has 1 heterocycles.